The lowest BCUT2D eigenvalue weighted by molar-refractivity contribution is -0.116. The number of aryl methyl sites for hydroxylation is 1. The normalized spacial score (nSPS) is 18.3. The Morgan fingerprint density at radius 2 is 2.03 bits per heavy atom. The van der Waals surface area contributed by atoms with E-state index in [2.05, 4.69) is 42.5 Å². The first kappa shape index (κ1) is 21.0. The minimum atomic E-state index is -0.0660. The van der Waals surface area contributed by atoms with Gasteiger partial charge in [0.1, 0.15) is 0 Å². The SMILES string of the molecule is Cc1ccccc1NC(=O)CCN1C(=S)N[C@H](c2ccccn2)[C@H]1c1ccc(Br)s1. The zero-order valence-corrected chi connectivity index (χ0v) is 19.6. The van der Waals surface area contributed by atoms with Gasteiger partial charge in [-0.3, -0.25) is 9.78 Å². The number of amides is 1. The third kappa shape index (κ3) is 4.55. The van der Waals surface area contributed by atoms with Gasteiger partial charge in [-0.1, -0.05) is 24.3 Å². The number of hydrogen-bond donors (Lipinski definition) is 2. The minimum absolute atomic E-state index is 0.0186. The van der Waals surface area contributed by atoms with Crippen LogP contribution in [-0.4, -0.2) is 27.4 Å². The molecule has 154 valence electrons. The Balaban J connectivity index is 1.52. The molecule has 0 saturated carbocycles. The first-order valence-corrected chi connectivity index (χ1v) is 11.6. The molecular weight excluding hydrogens is 480 g/mol. The van der Waals surface area contributed by atoms with Crippen LogP contribution in [0.15, 0.2) is 64.6 Å². The Morgan fingerprint density at radius 1 is 1.23 bits per heavy atom. The number of carbonyl (C=O) groups excluding carboxylic acids is 1. The molecule has 1 aromatic carbocycles. The van der Waals surface area contributed by atoms with Gasteiger partial charge in [0.15, 0.2) is 5.11 Å². The molecular formula is C22H21BrN4OS2. The minimum Gasteiger partial charge on any atom is -0.352 e. The van der Waals surface area contributed by atoms with Gasteiger partial charge in [-0.15, -0.1) is 11.3 Å². The van der Waals surface area contributed by atoms with Crippen molar-refractivity contribution in [1.82, 2.24) is 15.2 Å². The summed E-state index contributed by atoms with van der Waals surface area (Å²) in [4.78, 5) is 20.4. The number of carbonyl (C=O) groups is 1. The molecule has 1 aliphatic heterocycles. The number of rotatable bonds is 6. The second-order valence-corrected chi connectivity index (χ2v) is 9.96. The molecule has 0 radical (unpaired) electrons. The Hall–Kier alpha value is -2.29. The van der Waals surface area contributed by atoms with Crippen LogP contribution in [0.2, 0.25) is 0 Å². The average Bonchev–Trinajstić information content (AvgIpc) is 3.31. The first-order valence-electron chi connectivity index (χ1n) is 9.61. The van der Waals surface area contributed by atoms with E-state index in [0.29, 0.717) is 18.1 Å². The van der Waals surface area contributed by atoms with Crippen molar-refractivity contribution in [2.24, 2.45) is 0 Å². The lowest BCUT2D eigenvalue weighted by Crippen LogP contribution is -2.32. The van der Waals surface area contributed by atoms with Crippen LogP contribution in [0, 0.1) is 6.92 Å². The number of thiophene rings is 1. The fourth-order valence-electron chi connectivity index (χ4n) is 3.59. The Bertz CT molecular complexity index is 1060. The smallest absolute Gasteiger partial charge is 0.226 e. The topological polar surface area (TPSA) is 57.3 Å². The molecule has 0 spiro atoms. The van der Waals surface area contributed by atoms with Crippen LogP contribution in [0.1, 0.15) is 34.6 Å². The maximum absolute atomic E-state index is 12.6. The van der Waals surface area contributed by atoms with Crippen molar-refractivity contribution in [3.63, 3.8) is 0 Å². The summed E-state index contributed by atoms with van der Waals surface area (Å²) in [7, 11) is 0. The van der Waals surface area contributed by atoms with Crippen LogP contribution < -0.4 is 10.6 Å². The zero-order chi connectivity index (χ0) is 21.1. The number of nitrogens with one attached hydrogen (secondary N) is 2. The summed E-state index contributed by atoms with van der Waals surface area (Å²) >= 11 is 10.9. The number of thiocarbonyl (C=S) groups is 1. The number of pyridine rings is 1. The van der Waals surface area contributed by atoms with E-state index in [1.54, 1.807) is 17.5 Å². The number of benzene rings is 1. The van der Waals surface area contributed by atoms with E-state index in [4.69, 9.17) is 12.2 Å². The van der Waals surface area contributed by atoms with E-state index in [-0.39, 0.29) is 18.0 Å². The number of nitrogens with zero attached hydrogens (tertiary/aromatic N) is 2. The summed E-state index contributed by atoms with van der Waals surface area (Å²) in [5.41, 5.74) is 2.82. The molecule has 30 heavy (non-hydrogen) atoms. The third-order valence-electron chi connectivity index (χ3n) is 5.08. The van der Waals surface area contributed by atoms with E-state index in [1.165, 1.54) is 4.88 Å². The summed E-state index contributed by atoms with van der Waals surface area (Å²) in [5, 5.41) is 7.06. The average molecular weight is 501 g/mol. The van der Waals surface area contributed by atoms with E-state index < -0.39 is 0 Å². The molecule has 3 aromatic rings. The second-order valence-electron chi connectivity index (χ2n) is 7.07. The van der Waals surface area contributed by atoms with Gasteiger partial charge in [0.2, 0.25) is 5.91 Å². The fourth-order valence-corrected chi connectivity index (χ4v) is 5.50. The summed E-state index contributed by atoms with van der Waals surface area (Å²) in [6.45, 7) is 2.50. The lowest BCUT2D eigenvalue weighted by Gasteiger charge is -2.26. The highest BCUT2D eigenvalue weighted by molar-refractivity contribution is 9.11. The molecule has 1 amide bonds. The highest BCUT2D eigenvalue weighted by Crippen LogP contribution is 2.42. The van der Waals surface area contributed by atoms with Gasteiger partial charge in [0.25, 0.3) is 0 Å². The molecule has 2 N–H and O–H groups in total. The predicted octanol–water partition coefficient (Wildman–Crippen LogP) is 5.22. The number of aromatic nitrogens is 1. The molecule has 2 atom stereocenters. The van der Waals surface area contributed by atoms with Gasteiger partial charge >= 0.3 is 0 Å². The van der Waals surface area contributed by atoms with Gasteiger partial charge in [0, 0.05) is 29.7 Å². The highest BCUT2D eigenvalue weighted by atomic mass is 79.9. The van der Waals surface area contributed by atoms with E-state index >= 15 is 0 Å². The monoisotopic (exact) mass is 500 g/mol. The molecule has 1 saturated heterocycles. The molecule has 2 aromatic heterocycles. The predicted molar refractivity (Wildman–Crippen MR) is 129 cm³/mol. The second kappa shape index (κ2) is 9.24. The third-order valence-corrected chi connectivity index (χ3v) is 7.13. The van der Waals surface area contributed by atoms with Gasteiger partial charge in [-0.2, -0.15) is 0 Å². The van der Waals surface area contributed by atoms with Crippen molar-refractivity contribution in [2.75, 3.05) is 11.9 Å². The molecule has 0 aliphatic carbocycles. The fraction of sp³-hybridized carbons (Fsp3) is 0.227. The van der Waals surface area contributed by atoms with Crippen LogP contribution in [0.4, 0.5) is 5.69 Å². The Kier molecular flexibility index (Phi) is 6.46. The van der Waals surface area contributed by atoms with Crippen molar-refractivity contribution < 1.29 is 4.79 Å². The van der Waals surface area contributed by atoms with Crippen molar-refractivity contribution in [1.29, 1.82) is 0 Å². The molecule has 5 nitrogen and oxygen atoms in total. The van der Waals surface area contributed by atoms with Crippen LogP contribution in [0.25, 0.3) is 0 Å². The van der Waals surface area contributed by atoms with Gasteiger partial charge in [-0.05, 0) is 71.0 Å². The summed E-state index contributed by atoms with van der Waals surface area (Å²) in [5.74, 6) is -0.0282. The Labute approximate surface area is 193 Å². The maximum atomic E-state index is 12.6. The highest BCUT2D eigenvalue weighted by Gasteiger charge is 2.40. The number of anilines is 1. The quantitative estimate of drug-likeness (QED) is 0.454. The van der Waals surface area contributed by atoms with Crippen molar-refractivity contribution >= 4 is 56.2 Å². The maximum Gasteiger partial charge on any atom is 0.226 e. The van der Waals surface area contributed by atoms with Crippen LogP contribution in [0.5, 0.6) is 0 Å². The van der Waals surface area contributed by atoms with Crippen LogP contribution in [-0.2, 0) is 4.79 Å². The lowest BCUT2D eigenvalue weighted by atomic mass is 10.0. The molecule has 1 aliphatic rings. The number of hydrogen-bond acceptors (Lipinski definition) is 4. The van der Waals surface area contributed by atoms with Crippen molar-refractivity contribution in [2.45, 2.75) is 25.4 Å². The van der Waals surface area contributed by atoms with E-state index in [0.717, 1.165) is 20.7 Å². The largest absolute Gasteiger partial charge is 0.352 e. The van der Waals surface area contributed by atoms with Crippen LogP contribution >= 0.6 is 39.5 Å². The van der Waals surface area contributed by atoms with Crippen molar-refractivity contribution in [3.8, 4) is 0 Å². The molecule has 8 heteroatoms. The summed E-state index contributed by atoms with van der Waals surface area (Å²) in [6.07, 6.45) is 2.13. The molecule has 4 rings (SSSR count). The van der Waals surface area contributed by atoms with Gasteiger partial charge < -0.3 is 15.5 Å². The molecule has 1 fully saturated rings. The van der Waals surface area contributed by atoms with Gasteiger partial charge in [-0.25, -0.2) is 0 Å². The standard InChI is InChI=1S/C22H21BrN4OS2/c1-14-6-2-3-7-15(14)25-19(28)11-13-27-21(17-9-10-18(23)30-17)20(26-22(27)29)16-8-4-5-12-24-16/h2-10,12,20-21H,11,13H2,1H3,(H,25,28)(H,26,29)/t20-,21-/m1/s1. The molecule has 0 unspecified atom stereocenters. The number of halogens is 1. The molecule has 0 bridgehead atoms. The van der Waals surface area contributed by atoms with Crippen molar-refractivity contribution in [3.05, 3.63) is 80.7 Å². The van der Waals surface area contributed by atoms with Gasteiger partial charge in [0.05, 0.1) is 21.6 Å². The zero-order valence-electron chi connectivity index (χ0n) is 16.3. The van der Waals surface area contributed by atoms with Crippen LogP contribution in [0.3, 0.4) is 0 Å². The Morgan fingerprint density at radius 3 is 2.73 bits per heavy atom. The first-order chi connectivity index (χ1) is 14.5. The summed E-state index contributed by atoms with van der Waals surface area (Å²) in [6, 6.07) is 17.7. The molecule has 3 heterocycles. The van der Waals surface area contributed by atoms with E-state index in [1.807, 2.05) is 55.5 Å². The van der Waals surface area contributed by atoms with E-state index in [9.17, 15) is 4.79 Å². The number of para-hydroxylation sites is 1. The summed E-state index contributed by atoms with van der Waals surface area (Å²) < 4.78 is 1.06.